The van der Waals surface area contributed by atoms with E-state index in [1.54, 1.807) is 54.6 Å². The molecule has 0 fully saturated rings. The third-order valence-electron chi connectivity index (χ3n) is 4.49. The topological polar surface area (TPSA) is 75.3 Å². The molecule has 1 amide bonds. The highest BCUT2D eigenvalue weighted by atomic mass is 32.2. The van der Waals surface area contributed by atoms with Gasteiger partial charge in [-0.05, 0) is 42.8 Å². The Bertz CT molecular complexity index is 1150. The molecule has 0 atom stereocenters. The number of hydrogen-bond donors (Lipinski definition) is 2. The summed E-state index contributed by atoms with van der Waals surface area (Å²) in [5, 5.41) is 2.78. The summed E-state index contributed by atoms with van der Waals surface area (Å²) in [4.78, 5) is 12.7. The van der Waals surface area contributed by atoms with Crippen LogP contribution in [0.25, 0.3) is 0 Å². The van der Waals surface area contributed by atoms with E-state index in [2.05, 4.69) is 10.0 Å². The highest BCUT2D eigenvalue weighted by Crippen LogP contribution is 2.21. The summed E-state index contributed by atoms with van der Waals surface area (Å²) in [6.07, 6.45) is 0. The number of sulfonamides is 1. The summed E-state index contributed by atoms with van der Waals surface area (Å²) in [6.45, 7) is 2.25. The third-order valence-corrected chi connectivity index (χ3v) is 6.88. The third kappa shape index (κ3) is 6.32. The van der Waals surface area contributed by atoms with Crippen LogP contribution in [0.5, 0.6) is 0 Å². The highest BCUT2D eigenvalue weighted by Gasteiger charge is 2.18. The normalized spacial score (nSPS) is 11.2. The molecule has 0 aromatic heterocycles. The minimum Gasteiger partial charge on any atom is -0.351 e. The Kier molecular flexibility index (Phi) is 7.70. The van der Waals surface area contributed by atoms with Gasteiger partial charge in [0.05, 0.1) is 16.1 Å². The summed E-state index contributed by atoms with van der Waals surface area (Å²) in [5.41, 5.74) is 2.01. The lowest BCUT2D eigenvalue weighted by atomic mass is 10.2. The predicted octanol–water partition coefficient (Wildman–Crippen LogP) is 4.60. The first kappa shape index (κ1) is 22.8. The zero-order valence-electron chi connectivity index (χ0n) is 17.0. The second-order valence-electron chi connectivity index (χ2n) is 6.86. The summed E-state index contributed by atoms with van der Waals surface area (Å²) < 4.78 is 41.5. The molecule has 8 heteroatoms. The van der Waals surface area contributed by atoms with Crippen LogP contribution in [-0.4, -0.2) is 26.6 Å². The van der Waals surface area contributed by atoms with E-state index >= 15 is 0 Å². The number of nitrogens with one attached hydrogen (secondary N) is 2. The van der Waals surface area contributed by atoms with Crippen molar-refractivity contribution in [2.45, 2.75) is 17.6 Å². The largest absolute Gasteiger partial charge is 0.351 e. The standard InChI is InChI=1S/C23H23FN2O3S2/c1-17-10-12-19(13-11-17)31(28,29)26-22-9-5-3-7-20(22)23(27)25-14-15-30-16-18-6-2-4-8-21(18)24/h2-13,26H,14-16H2,1H3,(H,25,27). The van der Waals surface area contributed by atoms with E-state index in [0.29, 0.717) is 23.6 Å². The molecular weight excluding hydrogens is 435 g/mol. The summed E-state index contributed by atoms with van der Waals surface area (Å²) in [7, 11) is -3.82. The summed E-state index contributed by atoms with van der Waals surface area (Å²) in [6, 6.07) is 19.5. The lowest BCUT2D eigenvalue weighted by Gasteiger charge is -2.13. The number of rotatable bonds is 9. The van der Waals surface area contributed by atoms with Crippen LogP contribution < -0.4 is 10.0 Å². The maximum Gasteiger partial charge on any atom is 0.261 e. The molecule has 0 unspecified atom stereocenters. The van der Waals surface area contributed by atoms with Crippen molar-refractivity contribution in [3.05, 3.63) is 95.3 Å². The average molecular weight is 459 g/mol. The van der Waals surface area contributed by atoms with Gasteiger partial charge in [-0.15, -0.1) is 0 Å². The Balaban J connectivity index is 1.58. The van der Waals surface area contributed by atoms with Crippen molar-refractivity contribution in [3.63, 3.8) is 0 Å². The summed E-state index contributed by atoms with van der Waals surface area (Å²) >= 11 is 1.50. The molecule has 3 aromatic rings. The van der Waals surface area contributed by atoms with Gasteiger partial charge in [-0.3, -0.25) is 9.52 Å². The fourth-order valence-electron chi connectivity index (χ4n) is 2.82. The first-order valence-electron chi connectivity index (χ1n) is 9.65. The van der Waals surface area contributed by atoms with Crippen LogP contribution in [0.3, 0.4) is 0 Å². The van der Waals surface area contributed by atoms with Gasteiger partial charge in [0.1, 0.15) is 5.82 Å². The number of para-hydroxylation sites is 1. The molecule has 31 heavy (non-hydrogen) atoms. The van der Waals surface area contributed by atoms with E-state index in [0.717, 1.165) is 5.56 Å². The molecule has 0 aliphatic rings. The fraction of sp³-hybridized carbons (Fsp3) is 0.174. The van der Waals surface area contributed by atoms with E-state index < -0.39 is 10.0 Å². The zero-order valence-corrected chi connectivity index (χ0v) is 18.6. The van der Waals surface area contributed by atoms with Gasteiger partial charge in [0.15, 0.2) is 0 Å². The maximum absolute atomic E-state index is 13.6. The second kappa shape index (κ2) is 10.5. The van der Waals surface area contributed by atoms with Gasteiger partial charge < -0.3 is 5.32 Å². The number of anilines is 1. The molecule has 2 N–H and O–H groups in total. The molecule has 3 aromatic carbocycles. The van der Waals surface area contributed by atoms with E-state index in [-0.39, 0.29) is 27.9 Å². The highest BCUT2D eigenvalue weighted by molar-refractivity contribution is 7.98. The van der Waals surface area contributed by atoms with Crippen LogP contribution >= 0.6 is 11.8 Å². The molecule has 0 bridgehead atoms. The van der Waals surface area contributed by atoms with Gasteiger partial charge in [-0.25, -0.2) is 12.8 Å². The SMILES string of the molecule is Cc1ccc(S(=O)(=O)Nc2ccccc2C(=O)NCCSCc2ccccc2F)cc1. The van der Waals surface area contributed by atoms with E-state index in [4.69, 9.17) is 0 Å². The van der Waals surface area contributed by atoms with Gasteiger partial charge in [0.2, 0.25) is 0 Å². The van der Waals surface area contributed by atoms with Crippen LogP contribution in [0.2, 0.25) is 0 Å². The number of aryl methyl sites for hydroxylation is 1. The van der Waals surface area contributed by atoms with Gasteiger partial charge >= 0.3 is 0 Å². The Labute approximate surface area is 186 Å². The van der Waals surface area contributed by atoms with Crippen molar-refractivity contribution < 1.29 is 17.6 Å². The number of carbonyl (C=O) groups is 1. The smallest absolute Gasteiger partial charge is 0.261 e. The predicted molar refractivity (Wildman–Crippen MR) is 123 cm³/mol. The van der Waals surface area contributed by atoms with E-state index in [1.165, 1.54) is 30.0 Å². The number of carbonyl (C=O) groups excluding carboxylic acids is 1. The van der Waals surface area contributed by atoms with Crippen LogP contribution in [0.4, 0.5) is 10.1 Å². The Morgan fingerprint density at radius 1 is 0.968 bits per heavy atom. The van der Waals surface area contributed by atoms with Gasteiger partial charge in [-0.1, -0.05) is 48.0 Å². The van der Waals surface area contributed by atoms with Crippen molar-refractivity contribution in [2.75, 3.05) is 17.0 Å². The van der Waals surface area contributed by atoms with Crippen LogP contribution in [0.1, 0.15) is 21.5 Å². The number of benzene rings is 3. The molecule has 5 nitrogen and oxygen atoms in total. The average Bonchev–Trinajstić information content (AvgIpc) is 2.75. The number of halogens is 1. The van der Waals surface area contributed by atoms with Gasteiger partial charge in [-0.2, -0.15) is 11.8 Å². The first-order chi connectivity index (χ1) is 14.9. The molecule has 3 rings (SSSR count). The maximum atomic E-state index is 13.6. The summed E-state index contributed by atoms with van der Waals surface area (Å²) in [5.74, 6) is 0.481. The zero-order chi connectivity index (χ0) is 22.3. The van der Waals surface area contributed by atoms with Gasteiger partial charge in [0, 0.05) is 18.1 Å². The van der Waals surface area contributed by atoms with Crippen molar-refractivity contribution in [1.82, 2.24) is 5.32 Å². The van der Waals surface area contributed by atoms with Crippen LogP contribution in [0.15, 0.2) is 77.7 Å². The van der Waals surface area contributed by atoms with Crippen LogP contribution in [-0.2, 0) is 15.8 Å². The Morgan fingerprint density at radius 2 is 1.65 bits per heavy atom. The lowest BCUT2D eigenvalue weighted by molar-refractivity contribution is 0.0957. The lowest BCUT2D eigenvalue weighted by Crippen LogP contribution is -2.27. The minimum absolute atomic E-state index is 0.123. The molecule has 0 saturated carbocycles. The molecule has 0 aliphatic heterocycles. The van der Waals surface area contributed by atoms with Gasteiger partial charge in [0.25, 0.3) is 15.9 Å². The van der Waals surface area contributed by atoms with E-state index in [1.807, 2.05) is 6.92 Å². The minimum atomic E-state index is -3.82. The van der Waals surface area contributed by atoms with Crippen molar-refractivity contribution in [2.24, 2.45) is 0 Å². The Hall–Kier alpha value is -2.84. The second-order valence-corrected chi connectivity index (χ2v) is 9.65. The monoisotopic (exact) mass is 458 g/mol. The molecule has 162 valence electrons. The quantitative estimate of drug-likeness (QED) is 0.460. The van der Waals surface area contributed by atoms with Crippen molar-refractivity contribution >= 4 is 33.4 Å². The molecule has 0 radical (unpaired) electrons. The van der Waals surface area contributed by atoms with Crippen molar-refractivity contribution in [3.8, 4) is 0 Å². The molecule has 0 heterocycles. The number of amides is 1. The fourth-order valence-corrected chi connectivity index (χ4v) is 4.75. The molecular formula is C23H23FN2O3S2. The van der Waals surface area contributed by atoms with Crippen molar-refractivity contribution in [1.29, 1.82) is 0 Å². The molecule has 0 spiro atoms. The number of hydrogen-bond acceptors (Lipinski definition) is 4. The van der Waals surface area contributed by atoms with Crippen LogP contribution in [0, 0.1) is 12.7 Å². The first-order valence-corrected chi connectivity index (χ1v) is 12.3. The molecule has 0 saturated heterocycles. The molecule has 0 aliphatic carbocycles. The Morgan fingerprint density at radius 3 is 2.39 bits per heavy atom. The number of thioether (sulfide) groups is 1. The van der Waals surface area contributed by atoms with E-state index in [9.17, 15) is 17.6 Å².